The first kappa shape index (κ1) is 10.6. The number of aromatic nitrogens is 2. The van der Waals surface area contributed by atoms with E-state index in [4.69, 9.17) is 9.63 Å². The Kier molecular flexibility index (Phi) is 3.69. The zero-order valence-corrected chi connectivity index (χ0v) is 8.78. The second kappa shape index (κ2) is 5.23. The van der Waals surface area contributed by atoms with E-state index in [9.17, 15) is 0 Å². The minimum Gasteiger partial charge on any atom is -0.396 e. The van der Waals surface area contributed by atoms with E-state index in [2.05, 4.69) is 15.5 Å². The van der Waals surface area contributed by atoms with E-state index in [0.717, 1.165) is 31.8 Å². The third-order valence-corrected chi connectivity index (χ3v) is 2.74. The molecular weight excluding hydrogens is 194 g/mol. The summed E-state index contributed by atoms with van der Waals surface area (Å²) in [4.78, 5) is 4.35. The third kappa shape index (κ3) is 2.76. The molecule has 0 saturated carbocycles. The zero-order chi connectivity index (χ0) is 10.5. The first-order valence-corrected chi connectivity index (χ1v) is 5.54. The number of aryl methyl sites for hydroxylation is 1. The molecule has 0 atom stereocenters. The Morgan fingerprint density at radius 3 is 2.93 bits per heavy atom. The van der Waals surface area contributed by atoms with Crippen LogP contribution in [0.3, 0.4) is 0 Å². The van der Waals surface area contributed by atoms with Crippen LogP contribution in [-0.2, 0) is 6.42 Å². The molecular formula is C10H17N3O2. The molecule has 1 saturated heterocycles. The summed E-state index contributed by atoms with van der Waals surface area (Å²) < 4.78 is 5.13. The molecule has 1 aliphatic heterocycles. The lowest BCUT2D eigenvalue weighted by Crippen LogP contribution is -2.27. The van der Waals surface area contributed by atoms with Gasteiger partial charge >= 0.3 is 0 Å². The van der Waals surface area contributed by atoms with Crippen LogP contribution in [0.1, 0.15) is 36.9 Å². The van der Waals surface area contributed by atoms with E-state index in [-0.39, 0.29) is 6.61 Å². The van der Waals surface area contributed by atoms with Gasteiger partial charge in [0.1, 0.15) is 0 Å². The second-order valence-electron chi connectivity index (χ2n) is 3.90. The van der Waals surface area contributed by atoms with Crippen molar-refractivity contribution in [2.75, 3.05) is 19.7 Å². The average molecular weight is 211 g/mol. The van der Waals surface area contributed by atoms with E-state index in [1.807, 2.05) is 0 Å². The Morgan fingerprint density at radius 1 is 1.40 bits per heavy atom. The van der Waals surface area contributed by atoms with E-state index >= 15 is 0 Å². The highest BCUT2D eigenvalue weighted by molar-refractivity contribution is 4.97. The first-order chi connectivity index (χ1) is 7.40. The Bertz CT molecular complexity index is 295. The predicted molar refractivity (Wildman–Crippen MR) is 54.5 cm³/mol. The summed E-state index contributed by atoms with van der Waals surface area (Å²) in [6.07, 6.45) is 3.53. The average Bonchev–Trinajstić information content (AvgIpc) is 2.76. The summed E-state index contributed by atoms with van der Waals surface area (Å²) in [7, 11) is 0. The maximum Gasteiger partial charge on any atom is 0.226 e. The van der Waals surface area contributed by atoms with Gasteiger partial charge in [-0.15, -0.1) is 0 Å². The van der Waals surface area contributed by atoms with Gasteiger partial charge in [0.05, 0.1) is 0 Å². The molecule has 0 amide bonds. The quantitative estimate of drug-likeness (QED) is 0.757. The van der Waals surface area contributed by atoms with Gasteiger partial charge in [0.2, 0.25) is 5.89 Å². The Morgan fingerprint density at radius 2 is 2.20 bits per heavy atom. The fourth-order valence-electron chi connectivity index (χ4n) is 1.85. The van der Waals surface area contributed by atoms with Crippen molar-refractivity contribution < 1.29 is 9.63 Å². The van der Waals surface area contributed by atoms with E-state index < -0.39 is 0 Å². The molecule has 5 heteroatoms. The van der Waals surface area contributed by atoms with Crippen molar-refractivity contribution in [3.05, 3.63) is 11.7 Å². The summed E-state index contributed by atoms with van der Waals surface area (Å²) >= 11 is 0. The Hall–Kier alpha value is -0.940. The van der Waals surface area contributed by atoms with Crippen LogP contribution in [0, 0.1) is 0 Å². The number of nitrogens with one attached hydrogen (secondary N) is 1. The number of aliphatic hydroxyl groups excluding tert-OH is 1. The maximum absolute atomic E-state index is 8.68. The highest BCUT2D eigenvalue weighted by Gasteiger charge is 2.20. The van der Waals surface area contributed by atoms with Gasteiger partial charge in [0.25, 0.3) is 0 Å². The van der Waals surface area contributed by atoms with Gasteiger partial charge in [-0.05, 0) is 32.4 Å². The summed E-state index contributed by atoms with van der Waals surface area (Å²) in [6.45, 7) is 2.24. The Labute approximate surface area is 88.9 Å². The zero-order valence-electron chi connectivity index (χ0n) is 8.78. The largest absolute Gasteiger partial charge is 0.396 e. The first-order valence-electron chi connectivity index (χ1n) is 5.54. The van der Waals surface area contributed by atoms with Crippen LogP contribution < -0.4 is 5.32 Å². The van der Waals surface area contributed by atoms with Gasteiger partial charge < -0.3 is 14.9 Å². The fraction of sp³-hybridized carbons (Fsp3) is 0.800. The van der Waals surface area contributed by atoms with E-state index in [0.29, 0.717) is 24.7 Å². The lowest BCUT2D eigenvalue weighted by Gasteiger charge is -2.18. The number of hydrogen-bond donors (Lipinski definition) is 2. The van der Waals surface area contributed by atoms with Crippen molar-refractivity contribution in [2.45, 2.75) is 31.6 Å². The third-order valence-electron chi connectivity index (χ3n) is 2.74. The van der Waals surface area contributed by atoms with Gasteiger partial charge in [0.15, 0.2) is 5.82 Å². The van der Waals surface area contributed by atoms with Crippen molar-refractivity contribution in [2.24, 2.45) is 0 Å². The highest BCUT2D eigenvalue weighted by Crippen LogP contribution is 2.22. The number of rotatable bonds is 4. The number of piperidine rings is 1. The number of hydrogen-bond acceptors (Lipinski definition) is 5. The van der Waals surface area contributed by atoms with Gasteiger partial charge in [-0.1, -0.05) is 5.16 Å². The molecule has 0 radical (unpaired) electrons. The molecule has 2 N–H and O–H groups in total. The Balaban J connectivity index is 1.93. The van der Waals surface area contributed by atoms with Crippen LogP contribution in [0.4, 0.5) is 0 Å². The molecule has 5 nitrogen and oxygen atoms in total. The monoisotopic (exact) mass is 211 g/mol. The molecule has 0 aliphatic carbocycles. The minimum atomic E-state index is 0.172. The molecule has 1 aromatic rings. The summed E-state index contributed by atoms with van der Waals surface area (Å²) in [5.41, 5.74) is 0. The van der Waals surface area contributed by atoms with Gasteiger partial charge in [-0.3, -0.25) is 0 Å². The van der Waals surface area contributed by atoms with Crippen LogP contribution in [0.2, 0.25) is 0 Å². The van der Waals surface area contributed by atoms with Crippen LogP contribution in [0.5, 0.6) is 0 Å². The van der Waals surface area contributed by atoms with Crippen molar-refractivity contribution in [1.82, 2.24) is 15.5 Å². The molecule has 0 aromatic carbocycles. The maximum atomic E-state index is 8.68. The lowest BCUT2D eigenvalue weighted by molar-refractivity contribution is 0.278. The molecule has 0 unspecified atom stereocenters. The van der Waals surface area contributed by atoms with Crippen LogP contribution >= 0.6 is 0 Å². The summed E-state index contributed by atoms with van der Waals surface area (Å²) in [5.74, 6) is 1.93. The fourth-order valence-corrected chi connectivity index (χ4v) is 1.85. The topological polar surface area (TPSA) is 71.2 Å². The molecule has 84 valence electrons. The molecule has 2 rings (SSSR count). The lowest BCUT2D eigenvalue weighted by atomic mass is 9.98. The summed E-state index contributed by atoms with van der Waals surface area (Å²) in [5, 5.41) is 16.0. The molecule has 0 bridgehead atoms. The highest BCUT2D eigenvalue weighted by atomic mass is 16.5. The van der Waals surface area contributed by atoms with E-state index in [1.54, 1.807) is 0 Å². The summed E-state index contributed by atoms with van der Waals surface area (Å²) in [6, 6.07) is 0. The van der Waals surface area contributed by atoms with Crippen molar-refractivity contribution in [3.8, 4) is 0 Å². The number of aliphatic hydroxyl groups is 1. The molecule has 1 fully saturated rings. The van der Waals surface area contributed by atoms with Crippen molar-refractivity contribution >= 4 is 0 Å². The smallest absolute Gasteiger partial charge is 0.226 e. The van der Waals surface area contributed by atoms with E-state index in [1.165, 1.54) is 0 Å². The molecule has 1 aliphatic rings. The molecule has 0 spiro atoms. The van der Waals surface area contributed by atoms with Crippen LogP contribution in [0.15, 0.2) is 4.52 Å². The van der Waals surface area contributed by atoms with Gasteiger partial charge in [-0.2, -0.15) is 4.98 Å². The normalized spacial score (nSPS) is 18.2. The van der Waals surface area contributed by atoms with Gasteiger partial charge in [0, 0.05) is 18.9 Å². The molecule has 1 aromatic heterocycles. The number of nitrogens with zero attached hydrogens (tertiary/aromatic N) is 2. The minimum absolute atomic E-state index is 0.172. The molecule has 15 heavy (non-hydrogen) atoms. The SMILES string of the molecule is OCCCc1nc(C2CCNCC2)no1. The van der Waals surface area contributed by atoms with Crippen LogP contribution in [0.25, 0.3) is 0 Å². The predicted octanol–water partition coefficient (Wildman–Crippen LogP) is 0.461. The standard InChI is InChI=1S/C10H17N3O2/c14-7-1-2-9-12-10(13-15-9)8-3-5-11-6-4-8/h8,11,14H,1-7H2. The van der Waals surface area contributed by atoms with Crippen molar-refractivity contribution in [3.63, 3.8) is 0 Å². The van der Waals surface area contributed by atoms with Crippen LogP contribution in [-0.4, -0.2) is 34.9 Å². The molecule has 2 heterocycles. The second-order valence-corrected chi connectivity index (χ2v) is 3.90. The van der Waals surface area contributed by atoms with Crippen molar-refractivity contribution in [1.29, 1.82) is 0 Å². The van der Waals surface area contributed by atoms with Gasteiger partial charge in [-0.25, -0.2) is 0 Å².